The van der Waals surface area contributed by atoms with Crippen LogP contribution in [-0.4, -0.2) is 10.1 Å². The van der Waals surface area contributed by atoms with Gasteiger partial charge in [-0.1, -0.05) is 0 Å². The molecule has 0 aliphatic heterocycles. The second-order valence-corrected chi connectivity index (χ2v) is 2.92. The third-order valence-corrected chi connectivity index (χ3v) is 2.13. The topological polar surface area (TPSA) is 59.1 Å². The zero-order valence-corrected chi connectivity index (χ0v) is 7.93. The molecular formula is C8H9ClF2N2O. The zero-order valence-electron chi connectivity index (χ0n) is 7.17. The molecule has 0 atom stereocenters. The van der Waals surface area contributed by atoms with Gasteiger partial charge in [-0.2, -0.15) is 0 Å². The van der Waals surface area contributed by atoms with Gasteiger partial charge in [-0.15, -0.1) is 11.6 Å². The van der Waals surface area contributed by atoms with Crippen molar-refractivity contribution in [1.29, 1.82) is 0 Å². The van der Waals surface area contributed by atoms with Gasteiger partial charge in [-0.25, -0.2) is 8.78 Å². The molecule has 1 aromatic rings. The van der Waals surface area contributed by atoms with Crippen molar-refractivity contribution in [2.24, 2.45) is 0 Å². The number of nitrogens with two attached hydrogens (primary N) is 1. The van der Waals surface area contributed by atoms with Gasteiger partial charge in [-0.05, 0) is 0 Å². The number of nitrogen functional groups attached to an aromatic ring is 1. The first kappa shape index (κ1) is 11.1. The molecule has 78 valence electrons. The Balaban J connectivity index is 3.33. The van der Waals surface area contributed by atoms with Crippen LogP contribution in [0.4, 0.5) is 14.5 Å². The molecule has 1 rings (SSSR count). The number of pyridine rings is 1. The maximum Gasteiger partial charge on any atom is 0.280 e. The van der Waals surface area contributed by atoms with E-state index in [2.05, 4.69) is 4.98 Å². The number of halogens is 3. The van der Waals surface area contributed by atoms with Crippen LogP contribution >= 0.6 is 11.6 Å². The minimum atomic E-state index is -2.71. The molecule has 0 bridgehead atoms. The van der Waals surface area contributed by atoms with E-state index in [1.54, 1.807) is 0 Å². The fourth-order valence-corrected chi connectivity index (χ4v) is 1.45. The standard InChI is InChI=1S/C8H9ClF2N2O/c9-1-4-5(3-14)6(12)2-13-7(4)8(10)11/h2,8,14H,1,3,12H2. The smallest absolute Gasteiger partial charge is 0.280 e. The molecule has 3 nitrogen and oxygen atoms in total. The average Bonchev–Trinajstić information content (AvgIpc) is 2.16. The Bertz CT molecular complexity index is 333. The van der Waals surface area contributed by atoms with E-state index in [1.165, 1.54) is 0 Å². The predicted octanol–water partition coefficient (Wildman–Crippen LogP) is 1.83. The number of hydrogen-bond donors (Lipinski definition) is 2. The summed E-state index contributed by atoms with van der Waals surface area (Å²) in [7, 11) is 0. The Morgan fingerprint density at radius 1 is 1.50 bits per heavy atom. The molecular weight excluding hydrogens is 214 g/mol. The number of alkyl halides is 3. The summed E-state index contributed by atoms with van der Waals surface area (Å²) >= 11 is 5.49. The third kappa shape index (κ3) is 1.93. The van der Waals surface area contributed by atoms with E-state index in [0.29, 0.717) is 0 Å². The van der Waals surface area contributed by atoms with Crippen LogP contribution in [0, 0.1) is 0 Å². The summed E-state index contributed by atoms with van der Waals surface area (Å²) in [5, 5.41) is 8.93. The second kappa shape index (κ2) is 4.52. The maximum absolute atomic E-state index is 12.4. The van der Waals surface area contributed by atoms with Crippen LogP contribution in [0.3, 0.4) is 0 Å². The van der Waals surface area contributed by atoms with E-state index in [9.17, 15) is 8.78 Å². The average molecular weight is 223 g/mol. The molecule has 0 amide bonds. The van der Waals surface area contributed by atoms with Crippen molar-refractivity contribution in [3.05, 3.63) is 23.0 Å². The van der Waals surface area contributed by atoms with Crippen LogP contribution in [0.15, 0.2) is 6.20 Å². The molecule has 0 saturated heterocycles. The van der Waals surface area contributed by atoms with Gasteiger partial charge in [0.25, 0.3) is 6.43 Å². The van der Waals surface area contributed by atoms with Crippen LogP contribution in [0.25, 0.3) is 0 Å². The molecule has 0 aromatic carbocycles. The van der Waals surface area contributed by atoms with E-state index in [0.717, 1.165) is 6.20 Å². The molecule has 0 spiro atoms. The van der Waals surface area contributed by atoms with Crippen molar-refractivity contribution < 1.29 is 13.9 Å². The number of rotatable bonds is 3. The van der Waals surface area contributed by atoms with Crippen LogP contribution in [-0.2, 0) is 12.5 Å². The molecule has 0 fully saturated rings. The van der Waals surface area contributed by atoms with E-state index in [-0.39, 0.29) is 22.7 Å². The van der Waals surface area contributed by atoms with E-state index in [1.807, 2.05) is 0 Å². The third-order valence-electron chi connectivity index (χ3n) is 1.86. The van der Waals surface area contributed by atoms with Crippen molar-refractivity contribution in [1.82, 2.24) is 4.98 Å². The fraction of sp³-hybridized carbons (Fsp3) is 0.375. The lowest BCUT2D eigenvalue weighted by molar-refractivity contribution is 0.144. The van der Waals surface area contributed by atoms with Crippen molar-refractivity contribution in [2.75, 3.05) is 5.73 Å². The first-order chi connectivity index (χ1) is 6.61. The highest BCUT2D eigenvalue weighted by molar-refractivity contribution is 6.17. The van der Waals surface area contributed by atoms with Crippen molar-refractivity contribution in [2.45, 2.75) is 18.9 Å². The first-order valence-electron chi connectivity index (χ1n) is 3.82. The van der Waals surface area contributed by atoms with Crippen LogP contribution < -0.4 is 5.73 Å². The summed E-state index contributed by atoms with van der Waals surface area (Å²) in [4.78, 5) is 3.49. The monoisotopic (exact) mass is 222 g/mol. The number of nitrogens with zero attached hydrogens (tertiary/aromatic N) is 1. The minimum absolute atomic E-state index is 0.115. The van der Waals surface area contributed by atoms with Gasteiger partial charge in [0.2, 0.25) is 0 Å². The van der Waals surface area contributed by atoms with Gasteiger partial charge in [0.1, 0.15) is 5.69 Å². The van der Waals surface area contributed by atoms with Crippen molar-refractivity contribution >= 4 is 17.3 Å². The van der Waals surface area contributed by atoms with Gasteiger partial charge in [0, 0.05) is 17.0 Å². The van der Waals surface area contributed by atoms with E-state index < -0.39 is 18.7 Å². The summed E-state index contributed by atoms with van der Waals surface area (Å²) in [5.74, 6) is -0.145. The SMILES string of the molecule is Nc1cnc(C(F)F)c(CCl)c1CO. The first-order valence-corrected chi connectivity index (χ1v) is 4.36. The lowest BCUT2D eigenvalue weighted by Gasteiger charge is -2.11. The lowest BCUT2D eigenvalue weighted by Crippen LogP contribution is -2.06. The fourth-order valence-electron chi connectivity index (χ4n) is 1.15. The van der Waals surface area contributed by atoms with Gasteiger partial charge >= 0.3 is 0 Å². The summed E-state index contributed by atoms with van der Waals surface area (Å²) < 4.78 is 24.8. The highest BCUT2D eigenvalue weighted by Gasteiger charge is 2.18. The van der Waals surface area contributed by atoms with Crippen LogP contribution in [0.1, 0.15) is 23.2 Å². The van der Waals surface area contributed by atoms with Gasteiger partial charge < -0.3 is 10.8 Å². The van der Waals surface area contributed by atoms with Crippen molar-refractivity contribution in [3.8, 4) is 0 Å². The lowest BCUT2D eigenvalue weighted by atomic mass is 10.1. The molecule has 0 radical (unpaired) electrons. The van der Waals surface area contributed by atoms with Gasteiger partial charge in [0.05, 0.1) is 18.5 Å². The summed E-state index contributed by atoms with van der Waals surface area (Å²) in [6.45, 7) is -0.421. The molecule has 6 heteroatoms. The number of aliphatic hydroxyl groups excluding tert-OH is 1. The molecule has 14 heavy (non-hydrogen) atoms. The number of aliphatic hydroxyl groups is 1. The Kier molecular flexibility index (Phi) is 3.60. The largest absolute Gasteiger partial charge is 0.397 e. The quantitative estimate of drug-likeness (QED) is 0.768. The highest BCUT2D eigenvalue weighted by Crippen LogP contribution is 2.27. The Morgan fingerprint density at radius 3 is 2.57 bits per heavy atom. The van der Waals surface area contributed by atoms with E-state index in [4.69, 9.17) is 22.4 Å². The Labute approximate surface area is 84.5 Å². The second-order valence-electron chi connectivity index (χ2n) is 2.65. The summed E-state index contributed by atoms with van der Waals surface area (Å²) in [6.07, 6.45) is -1.61. The van der Waals surface area contributed by atoms with Gasteiger partial charge in [0.15, 0.2) is 0 Å². The molecule has 0 saturated carbocycles. The molecule has 0 aliphatic carbocycles. The van der Waals surface area contributed by atoms with Crippen molar-refractivity contribution in [3.63, 3.8) is 0 Å². The number of aromatic nitrogens is 1. The molecule has 0 aliphatic rings. The molecule has 1 heterocycles. The normalized spacial score (nSPS) is 10.9. The van der Waals surface area contributed by atoms with E-state index >= 15 is 0 Å². The zero-order chi connectivity index (χ0) is 10.7. The molecule has 0 unspecified atom stereocenters. The summed E-state index contributed by atoms with van der Waals surface area (Å²) in [6, 6.07) is 0. The molecule has 3 N–H and O–H groups in total. The van der Waals surface area contributed by atoms with Crippen LogP contribution in [0.2, 0.25) is 0 Å². The summed E-state index contributed by atoms with van der Waals surface area (Å²) in [5.41, 5.74) is 5.55. The highest BCUT2D eigenvalue weighted by atomic mass is 35.5. The number of anilines is 1. The Morgan fingerprint density at radius 2 is 2.14 bits per heavy atom. The maximum atomic E-state index is 12.4. The molecule has 1 aromatic heterocycles. The predicted molar refractivity (Wildman–Crippen MR) is 49.1 cm³/mol. The Hall–Kier alpha value is -0.940. The van der Waals surface area contributed by atoms with Crippen LogP contribution in [0.5, 0.6) is 0 Å². The number of hydrogen-bond acceptors (Lipinski definition) is 3. The minimum Gasteiger partial charge on any atom is -0.397 e. The van der Waals surface area contributed by atoms with Gasteiger partial charge in [-0.3, -0.25) is 4.98 Å².